The highest BCUT2D eigenvalue weighted by atomic mass is 32.2. The Bertz CT molecular complexity index is 110. The number of amides is 1. The molecule has 1 unspecified atom stereocenters. The molecule has 2 nitrogen and oxygen atoms in total. The van der Waals surface area contributed by atoms with Crippen molar-refractivity contribution in [2.75, 3.05) is 12.4 Å². The van der Waals surface area contributed by atoms with Gasteiger partial charge in [0.25, 0.3) is 0 Å². The minimum atomic E-state index is -0.330. The summed E-state index contributed by atoms with van der Waals surface area (Å²) in [7, 11) is 0. The van der Waals surface area contributed by atoms with Crippen LogP contribution in [0.25, 0.3) is 0 Å². The van der Waals surface area contributed by atoms with Crippen LogP contribution in [0.3, 0.4) is 0 Å². The van der Waals surface area contributed by atoms with Crippen molar-refractivity contribution in [1.29, 1.82) is 0 Å². The number of alkyl halides is 1. The van der Waals surface area contributed by atoms with Gasteiger partial charge < -0.3 is 5.73 Å². The van der Waals surface area contributed by atoms with Crippen molar-refractivity contribution < 1.29 is 9.18 Å². The lowest BCUT2D eigenvalue weighted by molar-refractivity contribution is -0.117. The number of hydrogen-bond donors (Lipinski definition) is 1. The van der Waals surface area contributed by atoms with Gasteiger partial charge in [-0.3, -0.25) is 9.18 Å². The second-order valence-corrected chi connectivity index (χ2v) is 3.41. The summed E-state index contributed by atoms with van der Waals surface area (Å²) in [4.78, 5) is 10.4. The van der Waals surface area contributed by atoms with E-state index in [4.69, 9.17) is 5.73 Å². The summed E-state index contributed by atoms with van der Waals surface area (Å²) in [6.07, 6.45) is 0.502. The monoisotopic (exact) mass is 165 g/mol. The van der Waals surface area contributed by atoms with Gasteiger partial charge in [-0.15, -0.1) is 11.8 Å². The highest BCUT2D eigenvalue weighted by Gasteiger charge is 2.07. The van der Waals surface area contributed by atoms with Crippen molar-refractivity contribution in [2.24, 2.45) is 5.73 Å². The summed E-state index contributed by atoms with van der Waals surface area (Å²) in [6, 6.07) is 0. The van der Waals surface area contributed by atoms with Crippen LogP contribution in [-0.2, 0) is 4.79 Å². The number of hydrogen-bond acceptors (Lipinski definition) is 2. The van der Waals surface area contributed by atoms with Crippen LogP contribution in [0.2, 0.25) is 0 Å². The Hall–Kier alpha value is -0.250. The largest absolute Gasteiger partial charge is 0.369 e. The molecule has 2 N–H and O–H groups in total. The minimum absolute atomic E-state index is 0.188. The lowest BCUT2D eigenvalue weighted by atomic mass is 10.5. The number of primary amides is 1. The third kappa shape index (κ3) is 4.61. The van der Waals surface area contributed by atoms with Crippen LogP contribution in [0.4, 0.5) is 4.39 Å². The van der Waals surface area contributed by atoms with E-state index in [1.807, 2.05) is 0 Å². The zero-order valence-electron chi connectivity index (χ0n) is 5.97. The summed E-state index contributed by atoms with van der Waals surface area (Å²) < 4.78 is 11.5. The summed E-state index contributed by atoms with van der Waals surface area (Å²) in [5, 5.41) is -0.188. The van der Waals surface area contributed by atoms with Gasteiger partial charge in [0.15, 0.2) is 0 Å². The van der Waals surface area contributed by atoms with Crippen LogP contribution in [0, 0.1) is 0 Å². The fourth-order valence-electron chi connectivity index (χ4n) is 0.397. The second kappa shape index (κ2) is 5.53. The lowest BCUT2D eigenvalue weighted by Crippen LogP contribution is -2.22. The fourth-order valence-corrected chi connectivity index (χ4v) is 1.19. The molecule has 10 heavy (non-hydrogen) atoms. The van der Waals surface area contributed by atoms with E-state index in [2.05, 4.69) is 0 Å². The van der Waals surface area contributed by atoms with E-state index >= 15 is 0 Å². The summed E-state index contributed by atoms with van der Waals surface area (Å²) in [6.45, 7) is 1.41. The molecular weight excluding hydrogens is 153 g/mol. The molecule has 0 rings (SSSR count). The van der Waals surface area contributed by atoms with Crippen molar-refractivity contribution >= 4 is 17.7 Å². The van der Waals surface area contributed by atoms with Crippen LogP contribution in [0.5, 0.6) is 0 Å². The summed E-state index contributed by atoms with van der Waals surface area (Å²) >= 11 is 1.39. The van der Waals surface area contributed by atoms with Crippen LogP contribution in [0.15, 0.2) is 0 Å². The molecule has 0 aromatic carbocycles. The average molecular weight is 165 g/mol. The summed E-state index contributed by atoms with van der Waals surface area (Å²) in [5.41, 5.74) is 4.96. The van der Waals surface area contributed by atoms with Crippen LogP contribution in [0.1, 0.15) is 13.3 Å². The number of carbonyl (C=O) groups is 1. The number of rotatable bonds is 5. The Morgan fingerprint density at radius 3 is 2.80 bits per heavy atom. The standard InChI is InChI=1S/C6H12FNOS/c1-5(6(8)9)10-4-2-3-7/h5H,2-4H2,1H3,(H2,8,9). The molecule has 0 aliphatic heterocycles. The normalized spacial score (nSPS) is 13.0. The maximum atomic E-state index is 11.5. The van der Waals surface area contributed by atoms with Gasteiger partial charge in [-0.2, -0.15) is 0 Å². The highest BCUT2D eigenvalue weighted by Crippen LogP contribution is 2.10. The van der Waals surface area contributed by atoms with E-state index in [0.29, 0.717) is 12.2 Å². The highest BCUT2D eigenvalue weighted by molar-refractivity contribution is 8.00. The molecule has 0 saturated heterocycles. The number of carbonyl (C=O) groups excluding carboxylic acids is 1. The van der Waals surface area contributed by atoms with Crippen LogP contribution >= 0.6 is 11.8 Å². The molecule has 0 aromatic heterocycles. The van der Waals surface area contributed by atoms with Gasteiger partial charge in [-0.1, -0.05) is 0 Å². The number of halogens is 1. The Kier molecular flexibility index (Phi) is 5.39. The predicted octanol–water partition coefficient (Wildman–Crippen LogP) is 0.953. The van der Waals surface area contributed by atoms with Crippen LogP contribution in [-0.4, -0.2) is 23.6 Å². The second-order valence-electron chi connectivity index (χ2n) is 1.96. The van der Waals surface area contributed by atoms with E-state index in [1.54, 1.807) is 6.92 Å². The van der Waals surface area contributed by atoms with Gasteiger partial charge in [0, 0.05) is 0 Å². The third-order valence-electron chi connectivity index (χ3n) is 1.05. The first-order chi connectivity index (χ1) is 4.68. The fraction of sp³-hybridized carbons (Fsp3) is 0.833. The molecule has 0 aliphatic rings. The summed E-state index contributed by atoms with van der Waals surface area (Å²) in [5.74, 6) is 0.338. The van der Waals surface area contributed by atoms with E-state index in [9.17, 15) is 9.18 Å². The van der Waals surface area contributed by atoms with Gasteiger partial charge in [0.2, 0.25) is 5.91 Å². The van der Waals surface area contributed by atoms with E-state index in [0.717, 1.165) is 0 Å². The van der Waals surface area contributed by atoms with E-state index in [-0.39, 0.29) is 17.8 Å². The van der Waals surface area contributed by atoms with Crippen molar-refractivity contribution in [3.05, 3.63) is 0 Å². The zero-order valence-corrected chi connectivity index (χ0v) is 6.79. The smallest absolute Gasteiger partial charge is 0.230 e. The average Bonchev–Trinajstić information content (AvgIpc) is 1.88. The third-order valence-corrected chi connectivity index (χ3v) is 2.30. The van der Waals surface area contributed by atoms with Crippen molar-refractivity contribution in [3.8, 4) is 0 Å². The Morgan fingerprint density at radius 2 is 2.40 bits per heavy atom. The zero-order chi connectivity index (χ0) is 7.98. The van der Waals surface area contributed by atoms with Gasteiger partial charge >= 0.3 is 0 Å². The van der Waals surface area contributed by atoms with Gasteiger partial charge in [-0.05, 0) is 19.1 Å². The first kappa shape index (κ1) is 9.75. The predicted molar refractivity (Wildman–Crippen MR) is 41.7 cm³/mol. The van der Waals surface area contributed by atoms with Crippen molar-refractivity contribution in [2.45, 2.75) is 18.6 Å². The Labute approximate surface area is 64.4 Å². The molecule has 0 heterocycles. The molecule has 1 atom stereocenters. The molecule has 0 radical (unpaired) electrons. The molecule has 60 valence electrons. The Balaban J connectivity index is 3.21. The molecule has 0 aliphatic carbocycles. The first-order valence-electron chi connectivity index (χ1n) is 3.15. The van der Waals surface area contributed by atoms with Gasteiger partial charge in [-0.25, -0.2) is 0 Å². The van der Waals surface area contributed by atoms with E-state index in [1.165, 1.54) is 11.8 Å². The molecule has 1 amide bonds. The quantitative estimate of drug-likeness (QED) is 0.616. The molecule has 0 aromatic rings. The number of thioether (sulfide) groups is 1. The van der Waals surface area contributed by atoms with Gasteiger partial charge in [0.1, 0.15) is 0 Å². The Morgan fingerprint density at radius 1 is 1.80 bits per heavy atom. The molecule has 4 heteroatoms. The SMILES string of the molecule is CC(SCCCF)C(N)=O. The van der Waals surface area contributed by atoms with Crippen LogP contribution < -0.4 is 5.73 Å². The van der Waals surface area contributed by atoms with Crippen molar-refractivity contribution in [1.82, 2.24) is 0 Å². The van der Waals surface area contributed by atoms with Crippen molar-refractivity contribution in [3.63, 3.8) is 0 Å². The molecule has 0 fully saturated rings. The molecular formula is C6H12FNOS. The van der Waals surface area contributed by atoms with E-state index < -0.39 is 0 Å². The maximum absolute atomic E-state index is 11.5. The maximum Gasteiger partial charge on any atom is 0.230 e. The first-order valence-corrected chi connectivity index (χ1v) is 4.20. The molecule has 0 spiro atoms. The topological polar surface area (TPSA) is 43.1 Å². The minimum Gasteiger partial charge on any atom is -0.369 e. The molecule has 0 bridgehead atoms. The molecule has 0 saturated carbocycles. The lowest BCUT2D eigenvalue weighted by Gasteiger charge is -2.03. The number of nitrogens with two attached hydrogens (primary N) is 1. The van der Waals surface area contributed by atoms with Gasteiger partial charge in [0.05, 0.1) is 11.9 Å².